The Morgan fingerprint density at radius 3 is 2.55 bits per heavy atom. The molecule has 0 aliphatic heterocycles. The third-order valence-electron chi connectivity index (χ3n) is 2.20. The molecule has 0 bridgehead atoms. The van der Waals surface area contributed by atoms with Gasteiger partial charge in [0.15, 0.2) is 0 Å². The molecule has 0 aliphatic carbocycles. The van der Waals surface area contributed by atoms with E-state index >= 15 is 0 Å². The second-order valence-electron chi connectivity index (χ2n) is 3.20. The molecule has 0 nitrogen and oxygen atoms in total. The van der Waals surface area contributed by atoms with E-state index in [1.807, 2.05) is 6.08 Å². The van der Waals surface area contributed by atoms with Gasteiger partial charge in [0, 0.05) is 5.88 Å². The normalized spacial score (nSPS) is 15.9. The molecule has 0 rings (SSSR count). The molecule has 2 unspecified atom stereocenters. The van der Waals surface area contributed by atoms with Gasteiger partial charge in [-0.2, -0.15) is 0 Å². The summed E-state index contributed by atoms with van der Waals surface area (Å²) in [5, 5.41) is 0. The number of hydrogen-bond acceptors (Lipinski definition) is 0. The monoisotopic (exact) mass is 174 g/mol. The topological polar surface area (TPSA) is 0 Å². The molecular weight excluding hydrogens is 156 g/mol. The van der Waals surface area contributed by atoms with Crippen molar-refractivity contribution < 1.29 is 0 Å². The van der Waals surface area contributed by atoms with Gasteiger partial charge in [0.25, 0.3) is 0 Å². The molecule has 0 saturated heterocycles. The van der Waals surface area contributed by atoms with Crippen LogP contribution in [-0.4, -0.2) is 5.88 Å². The zero-order valence-corrected chi connectivity index (χ0v) is 8.40. The maximum absolute atomic E-state index is 5.84. The third kappa shape index (κ3) is 4.47. The Balaban J connectivity index is 3.70. The second-order valence-corrected chi connectivity index (χ2v) is 3.51. The number of halogens is 1. The van der Waals surface area contributed by atoms with Crippen LogP contribution >= 0.6 is 11.6 Å². The van der Waals surface area contributed by atoms with E-state index < -0.39 is 0 Å². The van der Waals surface area contributed by atoms with E-state index in [2.05, 4.69) is 20.4 Å². The average molecular weight is 175 g/mol. The highest BCUT2D eigenvalue weighted by atomic mass is 35.5. The molecule has 0 aromatic heterocycles. The first-order valence-corrected chi connectivity index (χ1v) is 4.96. The largest absolute Gasteiger partial charge is 0.126 e. The molecule has 0 spiro atoms. The summed E-state index contributed by atoms with van der Waals surface area (Å²) in [5.74, 6) is 2.17. The van der Waals surface area contributed by atoms with Crippen LogP contribution in [-0.2, 0) is 0 Å². The summed E-state index contributed by atoms with van der Waals surface area (Å²) in [5.41, 5.74) is 0. The molecule has 1 heteroatoms. The quantitative estimate of drug-likeness (QED) is 0.424. The Morgan fingerprint density at radius 2 is 2.18 bits per heavy atom. The van der Waals surface area contributed by atoms with E-state index in [9.17, 15) is 0 Å². The first-order chi connectivity index (χ1) is 5.26. The standard InChI is InChI=1S/C10H19Cl/c1-4-6-9(3)10(8-11)7-5-2/h4,9-10H,1,5-8H2,2-3H3. The summed E-state index contributed by atoms with van der Waals surface area (Å²) in [7, 11) is 0. The van der Waals surface area contributed by atoms with Gasteiger partial charge in [-0.1, -0.05) is 26.3 Å². The minimum Gasteiger partial charge on any atom is -0.126 e. The molecule has 0 aromatic carbocycles. The van der Waals surface area contributed by atoms with Gasteiger partial charge in [-0.25, -0.2) is 0 Å². The predicted molar refractivity (Wildman–Crippen MR) is 53.1 cm³/mol. The fourth-order valence-corrected chi connectivity index (χ4v) is 1.80. The number of rotatable bonds is 6. The molecule has 0 fully saturated rings. The van der Waals surface area contributed by atoms with Crippen molar-refractivity contribution in [2.75, 3.05) is 5.88 Å². The van der Waals surface area contributed by atoms with Crippen LogP contribution in [0.25, 0.3) is 0 Å². The fraction of sp³-hybridized carbons (Fsp3) is 0.800. The predicted octanol–water partition coefficient (Wildman–Crippen LogP) is 3.85. The summed E-state index contributed by atoms with van der Waals surface area (Å²) in [6.07, 6.45) is 5.56. The van der Waals surface area contributed by atoms with E-state index in [0.29, 0.717) is 11.8 Å². The Bertz CT molecular complexity index is 99.0. The van der Waals surface area contributed by atoms with Crippen molar-refractivity contribution in [3.05, 3.63) is 12.7 Å². The lowest BCUT2D eigenvalue weighted by atomic mass is 9.89. The molecule has 0 saturated carbocycles. The maximum atomic E-state index is 5.84. The van der Waals surface area contributed by atoms with Crippen LogP contribution in [0.2, 0.25) is 0 Å². The molecule has 2 atom stereocenters. The highest BCUT2D eigenvalue weighted by molar-refractivity contribution is 6.18. The molecule has 0 radical (unpaired) electrons. The van der Waals surface area contributed by atoms with Gasteiger partial charge in [-0.15, -0.1) is 18.2 Å². The molecule has 0 aromatic rings. The van der Waals surface area contributed by atoms with Crippen molar-refractivity contribution in [2.24, 2.45) is 11.8 Å². The van der Waals surface area contributed by atoms with Gasteiger partial charge < -0.3 is 0 Å². The Kier molecular flexibility index (Phi) is 6.74. The van der Waals surface area contributed by atoms with Crippen LogP contribution in [0, 0.1) is 11.8 Å². The molecule has 11 heavy (non-hydrogen) atoms. The van der Waals surface area contributed by atoms with Crippen molar-refractivity contribution in [3.8, 4) is 0 Å². The number of alkyl halides is 1. The smallest absolute Gasteiger partial charge is 0.0254 e. The zero-order chi connectivity index (χ0) is 8.69. The third-order valence-corrected chi connectivity index (χ3v) is 2.60. The zero-order valence-electron chi connectivity index (χ0n) is 7.65. The summed E-state index contributed by atoms with van der Waals surface area (Å²) in [6.45, 7) is 8.20. The Morgan fingerprint density at radius 1 is 1.55 bits per heavy atom. The van der Waals surface area contributed by atoms with Crippen LogP contribution < -0.4 is 0 Å². The van der Waals surface area contributed by atoms with Crippen LogP contribution in [0.4, 0.5) is 0 Å². The lowest BCUT2D eigenvalue weighted by molar-refractivity contribution is 0.369. The van der Waals surface area contributed by atoms with Gasteiger partial charge in [0.05, 0.1) is 0 Å². The first kappa shape index (κ1) is 11.0. The molecule has 0 N–H and O–H groups in total. The molecule has 0 heterocycles. The Hall–Kier alpha value is 0.0300. The Labute approximate surface area is 75.6 Å². The molecule has 0 amide bonds. The minimum atomic E-state index is 0.680. The number of hydrogen-bond donors (Lipinski definition) is 0. The summed E-state index contributed by atoms with van der Waals surface area (Å²) < 4.78 is 0. The average Bonchev–Trinajstić information content (AvgIpc) is 2.00. The van der Waals surface area contributed by atoms with Gasteiger partial charge in [0.1, 0.15) is 0 Å². The van der Waals surface area contributed by atoms with E-state index in [1.54, 1.807) is 0 Å². The van der Waals surface area contributed by atoms with Crippen LogP contribution in [0.1, 0.15) is 33.1 Å². The molecule has 0 aliphatic rings. The first-order valence-electron chi connectivity index (χ1n) is 4.43. The SMILES string of the molecule is C=CCC(C)C(CCl)CCC. The maximum Gasteiger partial charge on any atom is 0.0254 e. The second kappa shape index (κ2) is 6.72. The van der Waals surface area contributed by atoms with Crippen molar-refractivity contribution in [3.63, 3.8) is 0 Å². The highest BCUT2D eigenvalue weighted by Gasteiger charge is 2.13. The lowest BCUT2D eigenvalue weighted by Gasteiger charge is -2.19. The van der Waals surface area contributed by atoms with Crippen molar-refractivity contribution in [1.82, 2.24) is 0 Å². The van der Waals surface area contributed by atoms with Gasteiger partial charge >= 0.3 is 0 Å². The van der Waals surface area contributed by atoms with E-state index in [4.69, 9.17) is 11.6 Å². The minimum absolute atomic E-state index is 0.680. The fourth-order valence-electron chi connectivity index (χ4n) is 1.34. The molecule has 66 valence electrons. The lowest BCUT2D eigenvalue weighted by Crippen LogP contribution is -2.12. The van der Waals surface area contributed by atoms with Gasteiger partial charge in [-0.3, -0.25) is 0 Å². The number of allylic oxidation sites excluding steroid dienone is 1. The van der Waals surface area contributed by atoms with Gasteiger partial charge in [-0.05, 0) is 24.7 Å². The summed E-state index contributed by atoms with van der Waals surface area (Å²) >= 11 is 5.84. The van der Waals surface area contributed by atoms with E-state index in [1.165, 1.54) is 12.8 Å². The van der Waals surface area contributed by atoms with Gasteiger partial charge in [0.2, 0.25) is 0 Å². The summed E-state index contributed by atoms with van der Waals surface area (Å²) in [6, 6.07) is 0. The van der Waals surface area contributed by atoms with E-state index in [0.717, 1.165) is 12.3 Å². The summed E-state index contributed by atoms with van der Waals surface area (Å²) in [4.78, 5) is 0. The van der Waals surface area contributed by atoms with Crippen LogP contribution in [0.3, 0.4) is 0 Å². The van der Waals surface area contributed by atoms with Crippen LogP contribution in [0.15, 0.2) is 12.7 Å². The van der Waals surface area contributed by atoms with E-state index in [-0.39, 0.29) is 0 Å². The van der Waals surface area contributed by atoms with Crippen molar-refractivity contribution in [1.29, 1.82) is 0 Å². The molecular formula is C10H19Cl. The van der Waals surface area contributed by atoms with Crippen LogP contribution in [0.5, 0.6) is 0 Å². The highest BCUT2D eigenvalue weighted by Crippen LogP contribution is 2.21. The van der Waals surface area contributed by atoms with Crippen molar-refractivity contribution in [2.45, 2.75) is 33.1 Å². The van der Waals surface area contributed by atoms with Crippen molar-refractivity contribution >= 4 is 11.6 Å².